The van der Waals surface area contributed by atoms with Gasteiger partial charge in [-0.3, -0.25) is 10.1 Å². The summed E-state index contributed by atoms with van der Waals surface area (Å²) in [6, 6.07) is 4.65. The lowest BCUT2D eigenvalue weighted by Gasteiger charge is -2.36. The number of nitro benzene ring substituents is 1. The SMILES string of the molecule is CC1(C)CCC(CN)(Cc2c(Cl)cccc2[N+](=O)[O-])C1O. The molecule has 0 heterocycles. The van der Waals surface area contributed by atoms with E-state index < -0.39 is 16.4 Å². The van der Waals surface area contributed by atoms with Crippen LogP contribution in [0.15, 0.2) is 18.2 Å². The molecule has 0 amide bonds. The Balaban J connectivity index is 2.43. The molecule has 0 radical (unpaired) electrons. The summed E-state index contributed by atoms with van der Waals surface area (Å²) < 4.78 is 0. The van der Waals surface area contributed by atoms with E-state index in [-0.39, 0.29) is 17.6 Å². The van der Waals surface area contributed by atoms with Crippen molar-refractivity contribution in [1.29, 1.82) is 0 Å². The van der Waals surface area contributed by atoms with Crippen molar-refractivity contribution < 1.29 is 10.0 Å². The first-order chi connectivity index (χ1) is 9.73. The molecule has 0 bridgehead atoms. The second-order valence-corrected chi connectivity index (χ2v) is 7.04. The van der Waals surface area contributed by atoms with E-state index in [9.17, 15) is 15.2 Å². The van der Waals surface area contributed by atoms with Crippen LogP contribution in [-0.4, -0.2) is 22.7 Å². The molecule has 21 heavy (non-hydrogen) atoms. The molecule has 2 unspecified atom stereocenters. The Hall–Kier alpha value is -1.17. The molecule has 1 aliphatic carbocycles. The van der Waals surface area contributed by atoms with Gasteiger partial charge in [0.2, 0.25) is 0 Å². The van der Waals surface area contributed by atoms with E-state index in [1.54, 1.807) is 12.1 Å². The molecule has 116 valence electrons. The van der Waals surface area contributed by atoms with Crippen molar-refractivity contribution in [3.63, 3.8) is 0 Å². The molecule has 3 N–H and O–H groups in total. The summed E-state index contributed by atoms with van der Waals surface area (Å²) in [7, 11) is 0. The van der Waals surface area contributed by atoms with Crippen LogP contribution in [-0.2, 0) is 6.42 Å². The van der Waals surface area contributed by atoms with Gasteiger partial charge in [0.05, 0.1) is 16.0 Å². The van der Waals surface area contributed by atoms with E-state index in [2.05, 4.69) is 0 Å². The van der Waals surface area contributed by atoms with Crippen LogP contribution >= 0.6 is 11.6 Å². The summed E-state index contributed by atoms with van der Waals surface area (Å²) in [5.74, 6) is 0. The molecule has 5 nitrogen and oxygen atoms in total. The third kappa shape index (κ3) is 2.78. The van der Waals surface area contributed by atoms with Gasteiger partial charge in [-0.1, -0.05) is 31.5 Å². The zero-order chi connectivity index (χ0) is 15.8. The molecule has 1 fully saturated rings. The summed E-state index contributed by atoms with van der Waals surface area (Å²) in [6.07, 6.45) is 1.29. The van der Waals surface area contributed by atoms with E-state index >= 15 is 0 Å². The molecule has 0 spiro atoms. The lowest BCUT2D eigenvalue weighted by atomic mass is 9.74. The van der Waals surface area contributed by atoms with Crippen LogP contribution in [0.3, 0.4) is 0 Å². The standard InChI is InChI=1S/C15H21ClN2O3/c1-14(2)6-7-15(9-17,13(14)19)8-10-11(16)4-3-5-12(10)18(20)21/h3-5,13,19H,6-9,17H2,1-2H3. The molecule has 2 rings (SSSR count). The average Bonchev–Trinajstić information content (AvgIpc) is 2.65. The maximum absolute atomic E-state index is 11.2. The Labute approximate surface area is 129 Å². The van der Waals surface area contributed by atoms with Crippen LogP contribution in [0.5, 0.6) is 0 Å². The predicted octanol–water partition coefficient (Wildman–Crippen LogP) is 2.92. The van der Waals surface area contributed by atoms with Crippen LogP contribution in [0.1, 0.15) is 32.3 Å². The molecule has 1 aliphatic rings. The Morgan fingerprint density at radius 3 is 2.62 bits per heavy atom. The minimum Gasteiger partial charge on any atom is -0.392 e. The van der Waals surface area contributed by atoms with Gasteiger partial charge >= 0.3 is 0 Å². The zero-order valence-electron chi connectivity index (χ0n) is 12.3. The number of nitrogens with zero attached hydrogens (tertiary/aromatic N) is 1. The Bertz CT molecular complexity index is 562. The maximum Gasteiger partial charge on any atom is 0.274 e. The van der Waals surface area contributed by atoms with Crippen LogP contribution in [0.25, 0.3) is 0 Å². The summed E-state index contributed by atoms with van der Waals surface area (Å²) in [5, 5.41) is 22.2. The van der Waals surface area contributed by atoms with Crippen LogP contribution in [0.2, 0.25) is 5.02 Å². The van der Waals surface area contributed by atoms with E-state index in [0.29, 0.717) is 17.0 Å². The third-order valence-corrected chi connectivity index (χ3v) is 5.17. The number of aliphatic hydroxyl groups excluding tert-OH is 1. The molecular weight excluding hydrogens is 292 g/mol. The topological polar surface area (TPSA) is 89.4 Å². The molecule has 0 saturated heterocycles. The van der Waals surface area contributed by atoms with Crippen LogP contribution in [0, 0.1) is 20.9 Å². The number of halogens is 1. The number of aliphatic hydroxyl groups is 1. The highest BCUT2D eigenvalue weighted by molar-refractivity contribution is 6.31. The maximum atomic E-state index is 11.2. The van der Waals surface area contributed by atoms with Crippen molar-refractivity contribution >= 4 is 17.3 Å². The monoisotopic (exact) mass is 312 g/mol. The highest BCUT2D eigenvalue weighted by atomic mass is 35.5. The van der Waals surface area contributed by atoms with E-state index in [4.69, 9.17) is 17.3 Å². The van der Waals surface area contributed by atoms with Crippen LogP contribution in [0.4, 0.5) is 5.69 Å². The lowest BCUT2D eigenvalue weighted by Crippen LogP contribution is -2.44. The second-order valence-electron chi connectivity index (χ2n) is 6.63. The van der Waals surface area contributed by atoms with Gasteiger partial charge in [-0.25, -0.2) is 0 Å². The molecule has 0 aromatic heterocycles. The Morgan fingerprint density at radius 1 is 1.48 bits per heavy atom. The van der Waals surface area contributed by atoms with Gasteiger partial charge in [0, 0.05) is 23.6 Å². The van der Waals surface area contributed by atoms with Crippen molar-refractivity contribution in [2.45, 2.75) is 39.2 Å². The summed E-state index contributed by atoms with van der Waals surface area (Å²) >= 11 is 6.16. The molecule has 1 aromatic rings. The fourth-order valence-electron chi connectivity index (χ4n) is 3.39. The van der Waals surface area contributed by atoms with E-state index in [1.807, 2.05) is 13.8 Å². The second kappa shape index (κ2) is 5.55. The first-order valence-corrected chi connectivity index (χ1v) is 7.41. The number of rotatable bonds is 4. The van der Waals surface area contributed by atoms with Gasteiger partial charge in [-0.05, 0) is 30.7 Å². The van der Waals surface area contributed by atoms with Crippen molar-refractivity contribution in [1.82, 2.24) is 0 Å². The molecule has 1 aromatic carbocycles. The Morgan fingerprint density at radius 2 is 2.14 bits per heavy atom. The van der Waals surface area contributed by atoms with Gasteiger partial charge in [-0.2, -0.15) is 0 Å². The smallest absolute Gasteiger partial charge is 0.274 e. The number of hydrogen-bond acceptors (Lipinski definition) is 4. The largest absolute Gasteiger partial charge is 0.392 e. The van der Waals surface area contributed by atoms with Gasteiger partial charge in [0.25, 0.3) is 5.69 Å². The minimum atomic E-state index is -0.606. The summed E-state index contributed by atoms with van der Waals surface area (Å²) in [5.41, 5.74) is 5.59. The minimum absolute atomic E-state index is 0.00719. The molecule has 1 saturated carbocycles. The zero-order valence-corrected chi connectivity index (χ0v) is 13.1. The number of benzene rings is 1. The first kappa shape index (κ1) is 16.2. The molecule has 0 aliphatic heterocycles. The Kier molecular flexibility index (Phi) is 4.29. The van der Waals surface area contributed by atoms with Gasteiger partial charge in [-0.15, -0.1) is 0 Å². The number of nitrogens with two attached hydrogens (primary N) is 1. The van der Waals surface area contributed by atoms with Crippen LogP contribution < -0.4 is 5.73 Å². The van der Waals surface area contributed by atoms with Crippen molar-refractivity contribution in [2.75, 3.05) is 6.54 Å². The van der Waals surface area contributed by atoms with Gasteiger partial charge in [0.1, 0.15) is 0 Å². The number of hydrogen-bond donors (Lipinski definition) is 2. The molecule has 6 heteroatoms. The summed E-state index contributed by atoms with van der Waals surface area (Å²) in [6.45, 7) is 4.27. The van der Waals surface area contributed by atoms with Crippen molar-refractivity contribution in [3.8, 4) is 0 Å². The fourth-order valence-corrected chi connectivity index (χ4v) is 3.63. The highest BCUT2D eigenvalue weighted by Crippen LogP contribution is 2.51. The normalized spacial score (nSPS) is 27.8. The third-order valence-electron chi connectivity index (χ3n) is 4.81. The summed E-state index contributed by atoms with van der Waals surface area (Å²) in [4.78, 5) is 10.8. The average molecular weight is 313 g/mol. The van der Waals surface area contributed by atoms with E-state index in [1.165, 1.54) is 6.07 Å². The van der Waals surface area contributed by atoms with E-state index in [0.717, 1.165) is 12.8 Å². The van der Waals surface area contributed by atoms with Gasteiger partial charge < -0.3 is 10.8 Å². The van der Waals surface area contributed by atoms with Crippen molar-refractivity contribution in [2.24, 2.45) is 16.6 Å². The fraction of sp³-hybridized carbons (Fsp3) is 0.600. The van der Waals surface area contributed by atoms with Crippen molar-refractivity contribution in [3.05, 3.63) is 38.9 Å². The first-order valence-electron chi connectivity index (χ1n) is 7.03. The quantitative estimate of drug-likeness (QED) is 0.660. The number of nitro groups is 1. The lowest BCUT2D eigenvalue weighted by molar-refractivity contribution is -0.385. The highest BCUT2D eigenvalue weighted by Gasteiger charge is 2.51. The molecular formula is C15H21ClN2O3. The predicted molar refractivity (Wildman–Crippen MR) is 82.3 cm³/mol. The molecule has 2 atom stereocenters. The van der Waals surface area contributed by atoms with Gasteiger partial charge in [0.15, 0.2) is 0 Å².